The molecule has 1 heterocycles. The molecule has 0 fully saturated rings. The Morgan fingerprint density at radius 2 is 1.75 bits per heavy atom. The Morgan fingerprint density at radius 1 is 1.04 bits per heavy atom. The van der Waals surface area contributed by atoms with Crippen LogP contribution in [0, 0.1) is 0 Å². The van der Waals surface area contributed by atoms with E-state index in [0.717, 1.165) is 25.7 Å². The number of phenolic OH excluding ortho intramolecular Hbond substituents is 3. The number of ketones is 1. The molecule has 0 saturated carbocycles. The Morgan fingerprint density at radius 3 is 2.43 bits per heavy atom. The van der Waals surface area contributed by atoms with E-state index in [4.69, 9.17) is 9.47 Å². The maximum Gasteiger partial charge on any atom is 0.203 e. The Kier molecular flexibility index (Phi) is 5.94. The van der Waals surface area contributed by atoms with Crippen molar-refractivity contribution < 1.29 is 34.7 Å². The first-order valence-corrected chi connectivity index (χ1v) is 9.33. The third kappa shape index (κ3) is 3.84. The largest absolute Gasteiger partial charge is 0.508 e. The number of carbonyl (C=O) groups excluding carboxylic acids is 1. The van der Waals surface area contributed by atoms with Crippen molar-refractivity contribution in [1.82, 2.24) is 0 Å². The molecular formula is C21H24O7. The van der Waals surface area contributed by atoms with Crippen molar-refractivity contribution in [2.75, 3.05) is 6.61 Å². The monoisotopic (exact) mass is 388 g/mol. The molecule has 0 radical (unpaired) electrons. The van der Waals surface area contributed by atoms with Crippen LogP contribution in [0.25, 0.3) is 0 Å². The maximum absolute atomic E-state index is 12.6. The maximum atomic E-state index is 12.6. The standard InChI is InChI=1S/C21H24O7/c1-2-3-4-5-10-27-15-11-14-16(18(24)17(15)23)19(25)20(26)21(28-14)12-6-8-13(22)9-7-12/h6-9,11,20-24,26H,2-5,10H2,1H3. The third-order valence-electron chi connectivity index (χ3n) is 4.74. The summed E-state index contributed by atoms with van der Waals surface area (Å²) in [5.74, 6) is -1.91. The topological polar surface area (TPSA) is 116 Å². The van der Waals surface area contributed by atoms with Crippen molar-refractivity contribution in [2.24, 2.45) is 0 Å². The molecule has 1 aliphatic heterocycles. The van der Waals surface area contributed by atoms with E-state index in [1.807, 2.05) is 0 Å². The molecule has 1 aliphatic rings. The van der Waals surface area contributed by atoms with Gasteiger partial charge in [0.1, 0.15) is 17.1 Å². The summed E-state index contributed by atoms with van der Waals surface area (Å²) in [6, 6.07) is 7.26. The summed E-state index contributed by atoms with van der Waals surface area (Å²) in [7, 11) is 0. The summed E-state index contributed by atoms with van der Waals surface area (Å²) in [5, 5.41) is 40.2. The van der Waals surface area contributed by atoms with Gasteiger partial charge in [-0.1, -0.05) is 38.3 Å². The molecule has 7 heteroatoms. The quantitative estimate of drug-likeness (QED) is 0.424. The van der Waals surface area contributed by atoms with Gasteiger partial charge in [0, 0.05) is 6.07 Å². The predicted octanol–water partition coefficient (Wildman–Crippen LogP) is 3.44. The number of Topliss-reactive ketones (excluding diaryl/α,β-unsaturated/α-hetero) is 1. The fraction of sp³-hybridized carbons (Fsp3) is 0.381. The molecule has 150 valence electrons. The lowest BCUT2D eigenvalue weighted by Gasteiger charge is -2.30. The van der Waals surface area contributed by atoms with Crippen molar-refractivity contribution in [1.29, 1.82) is 0 Å². The van der Waals surface area contributed by atoms with E-state index < -0.39 is 29.5 Å². The highest BCUT2D eigenvalue weighted by Gasteiger charge is 2.40. The van der Waals surface area contributed by atoms with E-state index in [0.29, 0.717) is 12.2 Å². The van der Waals surface area contributed by atoms with Crippen LogP contribution in [-0.2, 0) is 0 Å². The van der Waals surface area contributed by atoms with Gasteiger partial charge in [-0.2, -0.15) is 0 Å². The average Bonchev–Trinajstić information content (AvgIpc) is 2.68. The molecule has 2 unspecified atom stereocenters. The molecule has 28 heavy (non-hydrogen) atoms. The number of benzene rings is 2. The zero-order valence-electron chi connectivity index (χ0n) is 15.6. The van der Waals surface area contributed by atoms with Crippen molar-refractivity contribution in [3.8, 4) is 28.7 Å². The number of fused-ring (bicyclic) bond motifs is 1. The number of unbranched alkanes of at least 4 members (excludes halogenated alkanes) is 3. The second-order valence-electron chi connectivity index (χ2n) is 6.79. The van der Waals surface area contributed by atoms with Gasteiger partial charge in [0.15, 0.2) is 23.7 Å². The van der Waals surface area contributed by atoms with Gasteiger partial charge in [-0.15, -0.1) is 0 Å². The fourth-order valence-corrected chi connectivity index (χ4v) is 3.16. The first-order chi connectivity index (χ1) is 13.4. The Hall–Kier alpha value is -2.93. The number of hydrogen-bond acceptors (Lipinski definition) is 7. The van der Waals surface area contributed by atoms with Gasteiger partial charge in [-0.05, 0) is 24.1 Å². The molecule has 2 atom stereocenters. The summed E-state index contributed by atoms with van der Waals surface area (Å²) in [6.45, 7) is 2.45. The molecule has 3 rings (SSSR count). The minimum Gasteiger partial charge on any atom is -0.508 e. The third-order valence-corrected chi connectivity index (χ3v) is 4.74. The number of rotatable bonds is 7. The molecular weight excluding hydrogens is 364 g/mol. The molecule has 0 bridgehead atoms. The Balaban J connectivity index is 1.87. The highest BCUT2D eigenvalue weighted by atomic mass is 16.5. The van der Waals surface area contributed by atoms with Crippen molar-refractivity contribution >= 4 is 5.78 Å². The summed E-state index contributed by atoms with van der Waals surface area (Å²) in [6.07, 6.45) is 1.36. The van der Waals surface area contributed by atoms with Gasteiger partial charge in [-0.25, -0.2) is 0 Å². The summed E-state index contributed by atoms with van der Waals surface area (Å²) >= 11 is 0. The molecule has 0 saturated heterocycles. The average molecular weight is 388 g/mol. The minimum atomic E-state index is -1.57. The van der Waals surface area contributed by atoms with Gasteiger partial charge in [0.05, 0.1) is 6.61 Å². The number of ether oxygens (including phenoxy) is 2. The van der Waals surface area contributed by atoms with Crippen LogP contribution in [0.2, 0.25) is 0 Å². The zero-order valence-corrected chi connectivity index (χ0v) is 15.6. The lowest BCUT2D eigenvalue weighted by molar-refractivity contribution is 0.0209. The number of phenols is 3. The summed E-state index contributed by atoms with van der Waals surface area (Å²) < 4.78 is 11.3. The summed E-state index contributed by atoms with van der Waals surface area (Å²) in [5.41, 5.74) is 0.206. The van der Waals surface area contributed by atoms with Gasteiger partial charge in [-0.3, -0.25) is 4.79 Å². The van der Waals surface area contributed by atoms with E-state index in [-0.39, 0.29) is 22.8 Å². The predicted molar refractivity (Wildman–Crippen MR) is 101 cm³/mol. The Labute approximate surface area is 162 Å². The van der Waals surface area contributed by atoms with Crippen LogP contribution in [0.4, 0.5) is 0 Å². The van der Waals surface area contributed by atoms with E-state index in [1.54, 1.807) is 0 Å². The van der Waals surface area contributed by atoms with Crippen LogP contribution in [0.15, 0.2) is 30.3 Å². The number of aliphatic hydroxyl groups is 1. The molecule has 2 aromatic rings. The van der Waals surface area contributed by atoms with E-state index in [1.165, 1.54) is 30.3 Å². The lowest BCUT2D eigenvalue weighted by Crippen LogP contribution is -2.36. The van der Waals surface area contributed by atoms with Crippen molar-refractivity contribution in [3.05, 3.63) is 41.5 Å². The van der Waals surface area contributed by atoms with Crippen molar-refractivity contribution in [3.63, 3.8) is 0 Å². The highest BCUT2D eigenvalue weighted by molar-refractivity contribution is 6.06. The van der Waals surface area contributed by atoms with Crippen LogP contribution >= 0.6 is 0 Å². The number of hydrogen-bond donors (Lipinski definition) is 4. The number of aromatic hydroxyl groups is 3. The SMILES string of the molecule is CCCCCCOc1cc2c(c(O)c1O)C(=O)C(O)C(c1ccc(O)cc1)O2. The van der Waals surface area contributed by atoms with Crippen LogP contribution in [0.5, 0.6) is 28.7 Å². The van der Waals surface area contributed by atoms with E-state index >= 15 is 0 Å². The second-order valence-corrected chi connectivity index (χ2v) is 6.79. The molecule has 4 N–H and O–H groups in total. The van der Waals surface area contributed by atoms with Crippen molar-refractivity contribution in [2.45, 2.75) is 44.8 Å². The fourth-order valence-electron chi connectivity index (χ4n) is 3.16. The van der Waals surface area contributed by atoms with Gasteiger partial charge in [0.25, 0.3) is 0 Å². The minimum absolute atomic E-state index is 0.0152. The number of carbonyl (C=O) groups is 1. The molecule has 2 aromatic carbocycles. The lowest BCUT2D eigenvalue weighted by atomic mass is 9.92. The first kappa shape index (κ1) is 19.8. The Bertz CT molecular complexity index is 845. The molecule has 0 spiro atoms. The molecule has 0 aromatic heterocycles. The second kappa shape index (κ2) is 8.39. The van der Waals surface area contributed by atoms with Crippen LogP contribution < -0.4 is 9.47 Å². The van der Waals surface area contributed by atoms with Gasteiger partial charge in [0.2, 0.25) is 11.5 Å². The van der Waals surface area contributed by atoms with Gasteiger partial charge < -0.3 is 29.9 Å². The van der Waals surface area contributed by atoms with E-state index in [2.05, 4.69) is 6.92 Å². The highest BCUT2D eigenvalue weighted by Crippen LogP contribution is 2.48. The summed E-state index contributed by atoms with van der Waals surface area (Å²) in [4.78, 5) is 12.6. The van der Waals surface area contributed by atoms with Crippen LogP contribution in [0.1, 0.15) is 54.6 Å². The van der Waals surface area contributed by atoms with E-state index in [9.17, 15) is 25.2 Å². The van der Waals surface area contributed by atoms with Gasteiger partial charge >= 0.3 is 0 Å². The molecule has 0 amide bonds. The molecule has 7 nitrogen and oxygen atoms in total. The first-order valence-electron chi connectivity index (χ1n) is 9.33. The smallest absolute Gasteiger partial charge is 0.203 e. The van der Waals surface area contributed by atoms with Crippen LogP contribution in [-0.4, -0.2) is 38.9 Å². The normalized spacial score (nSPS) is 18.4. The zero-order chi connectivity index (χ0) is 20.3. The number of aliphatic hydroxyl groups excluding tert-OH is 1. The van der Waals surface area contributed by atoms with Crippen LogP contribution in [0.3, 0.4) is 0 Å². The molecule has 0 aliphatic carbocycles.